The van der Waals surface area contributed by atoms with E-state index >= 15 is 0 Å². The summed E-state index contributed by atoms with van der Waals surface area (Å²) in [4.78, 5) is 0. The van der Waals surface area contributed by atoms with E-state index in [4.69, 9.17) is 11.2 Å². The molecular weight excluding hydrogens is 184 g/mol. The van der Waals surface area contributed by atoms with Crippen LogP contribution in [0.1, 0.15) is 33.3 Å². The van der Waals surface area contributed by atoms with E-state index in [0.717, 1.165) is 11.3 Å². The van der Waals surface area contributed by atoms with E-state index in [-0.39, 0.29) is 11.5 Å². The highest BCUT2D eigenvalue weighted by Crippen LogP contribution is 2.24. The van der Waals surface area contributed by atoms with Gasteiger partial charge in [-0.1, -0.05) is 18.1 Å². The fourth-order valence-electron chi connectivity index (χ4n) is 1.31. The molecule has 15 heavy (non-hydrogen) atoms. The summed E-state index contributed by atoms with van der Waals surface area (Å²) in [6, 6.07) is 7.98. The largest absolute Gasteiger partial charge is 0.491 e. The summed E-state index contributed by atoms with van der Waals surface area (Å²) in [5.41, 5.74) is 0.928. The molecule has 0 amide bonds. The van der Waals surface area contributed by atoms with Crippen LogP contribution in [0.25, 0.3) is 0 Å². The van der Waals surface area contributed by atoms with Crippen LogP contribution in [0.5, 0.6) is 5.75 Å². The van der Waals surface area contributed by atoms with Crippen molar-refractivity contribution in [3.8, 4) is 18.1 Å². The lowest BCUT2D eigenvalue weighted by molar-refractivity contribution is 0.242. The summed E-state index contributed by atoms with van der Waals surface area (Å²) in [7, 11) is 0. The van der Waals surface area contributed by atoms with Crippen molar-refractivity contribution < 1.29 is 4.74 Å². The molecule has 0 spiro atoms. The number of terminal acetylenes is 1. The van der Waals surface area contributed by atoms with Crippen LogP contribution in [0.2, 0.25) is 0 Å². The Labute approximate surface area is 92.5 Å². The van der Waals surface area contributed by atoms with Gasteiger partial charge in [-0.25, -0.2) is 0 Å². The molecule has 0 saturated heterocycles. The molecule has 0 atom stereocenters. The molecule has 0 heterocycles. The lowest BCUT2D eigenvalue weighted by Crippen LogP contribution is -2.13. The summed E-state index contributed by atoms with van der Waals surface area (Å²) in [6.07, 6.45) is 5.68. The molecule has 1 aromatic carbocycles. The van der Waals surface area contributed by atoms with Crippen molar-refractivity contribution in [1.29, 1.82) is 0 Å². The molecule has 1 rings (SSSR count). The normalized spacial score (nSPS) is 11.2. The molecule has 80 valence electrons. The Kier molecular flexibility index (Phi) is 3.42. The third kappa shape index (κ3) is 3.02. The van der Waals surface area contributed by atoms with E-state index < -0.39 is 0 Å². The van der Waals surface area contributed by atoms with Gasteiger partial charge in [-0.15, -0.1) is 6.42 Å². The SMILES string of the molecule is C#CC(C)(C)c1ccc(OC(C)C)cc1. The van der Waals surface area contributed by atoms with Crippen molar-refractivity contribution in [1.82, 2.24) is 0 Å². The number of ether oxygens (including phenoxy) is 1. The van der Waals surface area contributed by atoms with Gasteiger partial charge in [0.1, 0.15) is 5.75 Å². The van der Waals surface area contributed by atoms with Crippen LogP contribution in [0.3, 0.4) is 0 Å². The second-order valence-corrected chi connectivity index (χ2v) is 4.46. The van der Waals surface area contributed by atoms with Crippen LogP contribution in [0, 0.1) is 12.3 Å². The summed E-state index contributed by atoms with van der Waals surface area (Å²) >= 11 is 0. The van der Waals surface area contributed by atoms with Crippen LogP contribution in [0.4, 0.5) is 0 Å². The molecule has 0 N–H and O–H groups in total. The molecular formula is C14H18O. The minimum atomic E-state index is -0.212. The molecule has 0 radical (unpaired) electrons. The minimum Gasteiger partial charge on any atom is -0.491 e. The molecule has 0 aromatic heterocycles. The maximum absolute atomic E-state index is 5.56. The standard InChI is InChI=1S/C14H18O/c1-6-14(4,5)12-7-9-13(10-8-12)15-11(2)3/h1,7-11H,2-5H3. The summed E-state index contributed by atoms with van der Waals surface area (Å²) in [5, 5.41) is 0. The number of hydrogen-bond acceptors (Lipinski definition) is 1. The van der Waals surface area contributed by atoms with Crippen molar-refractivity contribution in [3.63, 3.8) is 0 Å². The molecule has 1 nitrogen and oxygen atoms in total. The second kappa shape index (κ2) is 4.40. The fraction of sp³-hybridized carbons (Fsp3) is 0.429. The molecule has 0 saturated carbocycles. The Bertz CT molecular complexity index is 352. The topological polar surface area (TPSA) is 9.23 Å². The molecule has 0 aliphatic rings. The van der Waals surface area contributed by atoms with Crippen molar-refractivity contribution in [2.45, 2.75) is 39.2 Å². The monoisotopic (exact) mass is 202 g/mol. The highest BCUT2D eigenvalue weighted by atomic mass is 16.5. The van der Waals surface area contributed by atoms with Gasteiger partial charge in [0.25, 0.3) is 0 Å². The van der Waals surface area contributed by atoms with Gasteiger partial charge < -0.3 is 4.74 Å². The third-order valence-corrected chi connectivity index (χ3v) is 2.31. The van der Waals surface area contributed by atoms with Gasteiger partial charge in [0.2, 0.25) is 0 Å². The predicted octanol–water partition coefficient (Wildman–Crippen LogP) is 3.38. The third-order valence-electron chi connectivity index (χ3n) is 2.31. The molecule has 0 bridgehead atoms. The van der Waals surface area contributed by atoms with Crippen molar-refractivity contribution in [3.05, 3.63) is 29.8 Å². The van der Waals surface area contributed by atoms with E-state index in [1.54, 1.807) is 0 Å². The van der Waals surface area contributed by atoms with E-state index in [1.807, 2.05) is 52.0 Å². The molecule has 0 aliphatic carbocycles. The zero-order valence-corrected chi connectivity index (χ0v) is 9.87. The number of rotatable bonds is 3. The van der Waals surface area contributed by atoms with Gasteiger partial charge in [-0.3, -0.25) is 0 Å². The quantitative estimate of drug-likeness (QED) is 0.683. The highest BCUT2D eigenvalue weighted by molar-refractivity contribution is 5.36. The van der Waals surface area contributed by atoms with Gasteiger partial charge in [-0.2, -0.15) is 0 Å². The highest BCUT2D eigenvalue weighted by Gasteiger charge is 2.16. The van der Waals surface area contributed by atoms with Crippen LogP contribution in [0.15, 0.2) is 24.3 Å². The smallest absolute Gasteiger partial charge is 0.119 e. The van der Waals surface area contributed by atoms with Gasteiger partial charge in [0.05, 0.1) is 11.5 Å². The van der Waals surface area contributed by atoms with Crippen molar-refractivity contribution >= 4 is 0 Å². The van der Waals surface area contributed by atoms with Crippen LogP contribution >= 0.6 is 0 Å². The average Bonchev–Trinajstić information content (AvgIpc) is 2.18. The Balaban J connectivity index is 2.87. The molecule has 0 unspecified atom stereocenters. The molecule has 1 aromatic rings. The summed E-state index contributed by atoms with van der Waals surface area (Å²) < 4.78 is 5.56. The zero-order chi connectivity index (χ0) is 11.5. The Morgan fingerprint density at radius 1 is 1.20 bits per heavy atom. The summed E-state index contributed by atoms with van der Waals surface area (Å²) in [6.45, 7) is 8.09. The maximum Gasteiger partial charge on any atom is 0.119 e. The van der Waals surface area contributed by atoms with Crippen LogP contribution in [-0.4, -0.2) is 6.10 Å². The van der Waals surface area contributed by atoms with Crippen LogP contribution in [-0.2, 0) is 5.41 Å². The first-order valence-electron chi connectivity index (χ1n) is 5.20. The molecule has 1 heteroatoms. The molecule has 0 aliphatic heterocycles. The van der Waals surface area contributed by atoms with Gasteiger partial charge >= 0.3 is 0 Å². The fourth-order valence-corrected chi connectivity index (χ4v) is 1.31. The predicted molar refractivity (Wildman–Crippen MR) is 64.1 cm³/mol. The lowest BCUT2D eigenvalue weighted by Gasteiger charge is -2.18. The minimum absolute atomic E-state index is 0.205. The Morgan fingerprint density at radius 2 is 1.73 bits per heavy atom. The zero-order valence-electron chi connectivity index (χ0n) is 9.87. The van der Waals surface area contributed by atoms with E-state index in [2.05, 4.69) is 5.92 Å². The first kappa shape index (κ1) is 11.7. The first-order chi connectivity index (χ1) is 6.95. The molecule has 0 fully saturated rings. The van der Waals surface area contributed by atoms with Crippen molar-refractivity contribution in [2.75, 3.05) is 0 Å². The van der Waals surface area contributed by atoms with E-state index in [1.165, 1.54) is 0 Å². The maximum atomic E-state index is 5.56. The van der Waals surface area contributed by atoms with Crippen LogP contribution < -0.4 is 4.74 Å². The van der Waals surface area contributed by atoms with Gasteiger partial charge in [-0.05, 0) is 45.4 Å². The number of hydrogen-bond donors (Lipinski definition) is 0. The van der Waals surface area contributed by atoms with Gasteiger partial charge in [0.15, 0.2) is 0 Å². The van der Waals surface area contributed by atoms with Gasteiger partial charge in [0, 0.05) is 0 Å². The van der Waals surface area contributed by atoms with E-state index in [9.17, 15) is 0 Å². The average molecular weight is 202 g/mol. The summed E-state index contributed by atoms with van der Waals surface area (Å²) in [5.74, 6) is 3.67. The first-order valence-corrected chi connectivity index (χ1v) is 5.20. The second-order valence-electron chi connectivity index (χ2n) is 4.46. The van der Waals surface area contributed by atoms with Crippen molar-refractivity contribution in [2.24, 2.45) is 0 Å². The Morgan fingerprint density at radius 3 is 2.13 bits per heavy atom. The van der Waals surface area contributed by atoms with E-state index in [0.29, 0.717) is 0 Å². The lowest BCUT2D eigenvalue weighted by atomic mass is 9.86. The number of benzene rings is 1. The Hall–Kier alpha value is -1.42.